The molecule has 0 fully saturated rings. The molecule has 0 heterocycles. The molecular weight excluding hydrogens is 609 g/mol. The number of ether oxygens (including phenoxy) is 2. The molecule has 0 atom stereocenters. The highest BCUT2D eigenvalue weighted by Gasteiger charge is 2.19. The highest BCUT2D eigenvalue weighted by molar-refractivity contribution is 6.11. The summed E-state index contributed by atoms with van der Waals surface area (Å²) in [5.74, 6) is 2.16. The van der Waals surface area contributed by atoms with Crippen molar-refractivity contribution in [3.8, 4) is 11.5 Å². The minimum absolute atomic E-state index is 0.790. The lowest BCUT2D eigenvalue weighted by molar-refractivity contribution is 0.306. The van der Waals surface area contributed by atoms with Crippen LogP contribution in [-0.4, -0.2) is 13.2 Å². The maximum atomic E-state index is 6.83. The third-order valence-electron chi connectivity index (χ3n) is 10.8. The van der Waals surface area contributed by atoms with Crippen LogP contribution in [0.5, 0.6) is 11.5 Å². The predicted molar refractivity (Wildman–Crippen MR) is 223 cm³/mol. The first-order chi connectivity index (χ1) is 24.7. The number of benzene rings is 3. The van der Waals surface area contributed by atoms with Gasteiger partial charge in [0.05, 0.1) is 13.2 Å². The van der Waals surface area contributed by atoms with E-state index in [-0.39, 0.29) is 0 Å². The fourth-order valence-electron chi connectivity index (χ4n) is 7.67. The molecule has 0 spiro atoms. The van der Waals surface area contributed by atoms with Crippen LogP contribution in [0.1, 0.15) is 206 Å². The maximum Gasteiger partial charge on any atom is 0.135 e. The molecule has 0 amide bonds. The number of hydrogen-bond donors (Lipinski definition) is 0. The second-order valence-electron chi connectivity index (χ2n) is 15.3. The first-order valence-corrected chi connectivity index (χ1v) is 22.0. The van der Waals surface area contributed by atoms with Gasteiger partial charge in [-0.05, 0) is 61.8 Å². The molecule has 282 valence electrons. The Morgan fingerprint density at radius 2 is 0.640 bits per heavy atom. The molecule has 3 rings (SSSR count). The summed E-state index contributed by atoms with van der Waals surface area (Å²) in [4.78, 5) is 0. The topological polar surface area (TPSA) is 18.5 Å². The van der Waals surface area contributed by atoms with E-state index in [1.165, 1.54) is 187 Å². The lowest BCUT2D eigenvalue weighted by Crippen LogP contribution is -2.04. The fourth-order valence-corrected chi connectivity index (χ4v) is 7.67. The van der Waals surface area contributed by atoms with Crippen molar-refractivity contribution < 1.29 is 9.47 Å². The van der Waals surface area contributed by atoms with E-state index in [0.717, 1.165) is 50.4 Å². The van der Waals surface area contributed by atoms with Crippen molar-refractivity contribution in [3.05, 3.63) is 47.5 Å². The maximum absolute atomic E-state index is 6.83. The van der Waals surface area contributed by atoms with E-state index in [2.05, 4.69) is 64.1 Å². The molecule has 0 saturated heterocycles. The smallest absolute Gasteiger partial charge is 0.135 e. The molecule has 0 bridgehead atoms. The predicted octanol–water partition coefficient (Wildman–Crippen LogP) is 16.1. The van der Waals surface area contributed by atoms with Gasteiger partial charge in [0.15, 0.2) is 0 Å². The Bertz CT molecular complexity index is 1180. The lowest BCUT2D eigenvalue weighted by Gasteiger charge is -2.21. The molecule has 2 nitrogen and oxygen atoms in total. The first-order valence-electron chi connectivity index (χ1n) is 22.0. The second-order valence-corrected chi connectivity index (χ2v) is 15.3. The number of unbranched alkanes of at least 4 members (excludes halogenated alkanes) is 22. The average Bonchev–Trinajstić information content (AvgIpc) is 3.13. The zero-order valence-corrected chi connectivity index (χ0v) is 33.5. The van der Waals surface area contributed by atoms with Gasteiger partial charge in [0.1, 0.15) is 11.5 Å². The van der Waals surface area contributed by atoms with Crippen LogP contribution in [0.3, 0.4) is 0 Å². The van der Waals surface area contributed by atoms with Crippen molar-refractivity contribution in [2.24, 2.45) is 0 Å². The van der Waals surface area contributed by atoms with E-state index >= 15 is 0 Å². The van der Waals surface area contributed by atoms with Crippen LogP contribution >= 0.6 is 0 Å². The van der Waals surface area contributed by atoms with Crippen molar-refractivity contribution in [3.63, 3.8) is 0 Å². The highest BCUT2D eigenvalue weighted by Crippen LogP contribution is 2.44. The standard InChI is InChI=1S/C48H78O2/c1-5-9-13-15-17-19-21-23-25-31-37-49-47-43-35-29-30-36-44(43)48(50-38-32-26-24-22-20-18-16-14-10-6-2)46-40-42(34-28-12-8-4)41(39-45(46)47)33-27-11-7-3/h29-30,35-36,39-40H,5-28,31-34,37-38H2,1-4H3. The number of hydrogen-bond acceptors (Lipinski definition) is 2. The van der Waals surface area contributed by atoms with Gasteiger partial charge in [0.25, 0.3) is 0 Å². The molecule has 0 aliphatic carbocycles. The Kier molecular flexibility index (Phi) is 23.2. The first kappa shape index (κ1) is 42.2. The zero-order valence-electron chi connectivity index (χ0n) is 33.5. The molecule has 0 saturated carbocycles. The Hall–Kier alpha value is -2.22. The normalized spacial score (nSPS) is 11.6. The molecule has 0 aliphatic rings. The Morgan fingerprint density at radius 1 is 0.340 bits per heavy atom. The van der Waals surface area contributed by atoms with Gasteiger partial charge in [0, 0.05) is 21.5 Å². The Balaban J connectivity index is 1.77. The summed E-state index contributed by atoms with van der Waals surface area (Å²) >= 11 is 0. The second kappa shape index (κ2) is 27.4. The quantitative estimate of drug-likeness (QED) is 0.0481. The molecule has 3 aromatic carbocycles. The molecule has 50 heavy (non-hydrogen) atoms. The lowest BCUT2D eigenvalue weighted by atomic mass is 9.91. The summed E-state index contributed by atoms with van der Waals surface area (Å²) in [6.45, 7) is 10.8. The van der Waals surface area contributed by atoms with Crippen molar-refractivity contribution in [2.75, 3.05) is 13.2 Å². The van der Waals surface area contributed by atoms with Crippen molar-refractivity contribution in [2.45, 2.75) is 207 Å². The molecule has 0 aliphatic heterocycles. The number of aryl methyl sites for hydroxylation is 2. The van der Waals surface area contributed by atoms with E-state index in [4.69, 9.17) is 9.47 Å². The number of fused-ring (bicyclic) bond motifs is 2. The van der Waals surface area contributed by atoms with Gasteiger partial charge in [-0.1, -0.05) is 193 Å². The van der Waals surface area contributed by atoms with Gasteiger partial charge in [-0.2, -0.15) is 0 Å². The van der Waals surface area contributed by atoms with E-state index in [0.29, 0.717) is 0 Å². The van der Waals surface area contributed by atoms with Crippen LogP contribution in [0.4, 0.5) is 0 Å². The third kappa shape index (κ3) is 15.6. The summed E-state index contributed by atoms with van der Waals surface area (Å²) in [6.07, 6.45) is 36.8. The monoisotopic (exact) mass is 687 g/mol. The number of rotatable bonds is 32. The van der Waals surface area contributed by atoms with Gasteiger partial charge in [0.2, 0.25) is 0 Å². The van der Waals surface area contributed by atoms with Gasteiger partial charge >= 0.3 is 0 Å². The molecule has 0 radical (unpaired) electrons. The molecule has 2 heteroatoms. The van der Waals surface area contributed by atoms with Crippen molar-refractivity contribution in [1.29, 1.82) is 0 Å². The van der Waals surface area contributed by atoms with Crippen molar-refractivity contribution >= 4 is 21.5 Å². The fraction of sp³-hybridized carbons (Fsp3) is 0.708. The van der Waals surface area contributed by atoms with Crippen LogP contribution in [0.25, 0.3) is 21.5 Å². The van der Waals surface area contributed by atoms with E-state index in [9.17, 15) is 0 Å². The van der Waals surface area contributed by atoms with E-state index in [1.54, 1.807) is 0 Å². The summed E-state index contributed by atoms with van der Waals surface area (Å²) in [5, 5.41) is 4.95. The molecule has 0 aromatic heterocycles. The van der Waals surface area contributed by atoms with Gasteiger partial charge < -0.3 is 9.47 Å². The van der Waals surface area contributed by atoms with E-state index < -0.39 is 0 Å². The van der Waals surface area contributed by atoms with Crippen LogP contribution < -0.4 is 9.47 Å². The molecule has 3 aromatic rings. The summed E-state index contributed by atoms with van der Waals surface area (Å²) < 4.78 is 13.7. The third-order valence-corrected chi connectivity index (χ3v) is 10.8. The molecule has 0 unspecified atom stereocenters. The summed E-state index contributed by atoms with van der Waals surface area (Å²) in [5.41, 5.74) is 3.06. The van der Waals surface area contributed by atoms with E-state index in [1.807, 2.05) is 0 Å². The summed E-state index contributed by atoms with van der Waals surface area (Å²) in [6, 6.07) is 13.9. The SMILES string of the molecule is CCCCCCCCCCCCOc1c2ccccc2c(OCCCCCCCCCCCC)c2cc(CCCCC)c(CCCCC)cc12. The van der Waals surface area contributed by atoms with Crippen LogP contribution in [0, 0.1) is 0 Å². The molecule has 0 N–H and O–H groups in total. The largest absolute Gasteiger partial charge is 0.492 e. The minimum Gasteiger partial charge on any atom is -0.492 e. The van der Waals surface area contributed by atoms with Crippen LogP contribution in [0.15, 0.2) is 36.4 Å². The van der Waals surface area contributed by atoms with Crippen LogP contribution in [0.2, 0.25) is 0 Å². The zero-order chi connectivity index (χ0) is 35.5. The van der Waals surface area contributed by atoms with Crippen LogP contribution in [-0.2, 0) is 12.8 Å². The highest BCUT2D eigenvalue weighted by atomic mass is 16.5. The summed E-state index contributed by atoms with van der Waals surface area (Å²) in [7, 11) is 0. The van der Waals surface area contributed by atoms with Gasteiger partial charge in [-0.15, -0.1) is 0 Å². The van der Waals surface area contributed by atoms with Gasteiger partial charge in [-0.3, -0.25) is 0 Å². The minimum atomic E-state index is 0.790. The van der Waals surface area contributed by atoms with Gasteiger partial charge in [-0.25, -0.2) is 0 Å². The Labute approximate surface area is 309 Å². The molecular formula is C48H78O2. The average molecular weight is 687 g/mol. The Morgan fingerprint density at radius 3 is 0.980 bits per heavy atom. The van der Waals surface area contributed by atoms with Crippen molar-refractivity contribution in [1.82, 2.24) is 0 Å².